The third-order valence-corrected chi connectivity index (χ3v) is 16.1. The average molecular weight is 837 g/mol. The molecular weight excluding hydrogens is 778 g/mol. The van der Waals surface area contributed by atoms with Gasteiger partial charge in [0.05, 0.1) is 52.5 Å². The molecule has 2 saturated heterocycles. The fraction of sp³-hybridized carbons (Fsp3) is 0.444. The van der Waals surface area contributed by atoms with Crippen molar-refractivity contribution in [2.75, 3.05) is 13.2 Å². The van der Waals surface area contributed by atoms with Crippen LogP contribution in [0.15, 0.2) is 90.8 Å². The van der Waals surface area contributed by atoms with Crippen LogP contribution in [-0.4, -0.2) is 71.4 Å². The lowest BCUT2D eigenvalue weighted by Crippen LogP contribution is -2.29. The third kappa shape index (κ3) is 12.2. The van der Waals surface area contributed by atoms with Crippen molar-refractivity contribution in [1.82, 2.24) is 39.5 Å². The number of nitrogens with zero attached hydrogens (tertiary/aromatic N) is 9. The van der Waals surface area contributed by atoms with Crippen LogP contribution in [0.4, 0.5) is 0 Å². The van der Waals surface area contributed by atoms with E-state index in [2.05, 4.69) is 77.0 Å². The predicted octanol–water partition coefficient (Wildman–Crippen LogP) is 10.6. The maximum absolute atomic E-state index is 9.24. The number of aryl methyl sites for hydroxylation is 1. The van der Waals surface area contributed by atoms with E-state index in [0.29, 0.717) is 5.04 Å². The summed E-state index contributed by atoms with van der Waals surface area (Å²) in [5, 5.41) is 18.5. The van der Waals surface area contributed by atoms with Gasteiger partial charge in [-0.15, -0.1) is 0 Å². The highest BCUT2D eigenvalue weighted by Gasteiger charge is 2.32. The second-order valence-corrected chi connectivity index (χ2v) is 23.7. The molecule has 6 aromatic rings. The summed E-state index contributed by atoms with van der Waals surface area (Å²) in [5.41, 5.74) is 9.15. The van der Waals surface area contributed by atoms with Gasteiger partial charge in [-0.05, 0) is 97.5 Å². The van der Waals surface area contributed by atoms with Crippen molar-refractivity contribution >= 4 is 46.7 Å². The Morgan fingerprint density at radius 2 is 1.25 bits per heavy atom. The molecule has 0 aromatic carbocycles. The van der Waals surface area contributed by atoms with E-state index in [0.717, 1.165) is 102 Å². The van der Waals surface area contributed by atoms with Gasteiger partial charge in [-0.1, -0.05) is 46.9 Å². The van der Waals surface area contributed by atoms with Gasteiger partial charge in [-0.25, -0.2) is 19.3 Å². The molecule has 1 N–H and O–H groups in total. The molecule has 59 heavy (non-hydrogen) atoms. The number of aliphatic hydroxyl groups is 1. The molecule has 312 valence electrons. The monoisotopic (exact) mass is 835 g/mol. The van der Waals surface area contributed by atoms with E-state index in [1.54, 1.807) is 12.4 Å². The van der Waals surface area contributed by atoms with Crippen molar-refractivity contribution in [3.05, 3.63) is 97.0 Å². The fourth-order valence-corrected chi connectivity index (χ4v) is 6.12. The van der Waals surface area contributed by atoms with Gasteiger partial charge in [0.25, 0.3) is 0 Å². The molecule has 3 aliphatic rings. The molecule has 3 aliphatic heterocycles. The summed E-state index contributed by atoms with van der Waals surface area (Å²) < 4.78 is 15.3. The number of ether oxygens (including phenoxy) is 2. The van der Waals surface area contributed by atoms with Crippen LogP contribution >= 0.6 is 11.1 Å². The summed E-state index contributed by atoms with van der Waals surface area (Å²) in [7, 11) is -1.39. The lowest BCUT2D eigenvalue weighted by Gasteiger charge is -2.29. The maximum atomic E-state index is 9.24. The predicted molar refractivity (Wildman–Crippen MR) is 240 cm³/mol. The van der Waals surface area contributed by atoms with E-state index in [4.69, 9.17) is 25.5 Å². The van der Waals surface area contributed by atoms with E-state index in [9.17, 15) is 5.11 Å². The Morgan fingerprint density at radius 3 is 1.64 bits per heavy atom. The molecule has 2 atom stereocenters. The quantitative estimate of drug-likeness (QED) is 0.128. The van der Waals surface area contributed by atoms with E-state index in [1.165, 1.54) is 18.4 Å². The molecule has 0 radical (unpaired) electrons. The minimum atomic E-state index is -1.39. The molecule has 9 rings (SSSR count). The van der Waals surface area contributed by atoms with E-state index in [-0.39, 0.29) is 19.1 Å². The molecule has 0 spiro atoms. The molecule has 2 fully saturated rings. The van der Waals surface area contributed by atoms with E-state index in [1.807, 2.05) is 83.0 Å². The average Bonchev–Trinajstić information content (AvgIpc) is 4.09. The van der Waals surface area contributed by atoms with Crippen molar-refractivity contribution in [3.8, 4) is 22.5 Å². The van der Waals surface area contributed by atoms with E-state index >= 15 is 0 Å². The smallest absolute Gasteiger partial charge is 0.155 e. The molecular formula is C45H58ClN9O3Si. The van der Waals surface area contributed by atoms with Crippen molar-refractivity contribution in [2.24, 2.45) is 4.99 Å². The first-order chi connectivity index (χ1) is 28.4. The van der Waals surface area contributed by atoms with Crippen LogP contribution in [0.5, 0.6) is 0 Å². The lowest BCUT2D eigenvalue weighted by molar-refractivity contribution is -0.0395. The Hall–Kier alpha value is -4.66. The summed E-state index contributed by atoms with van der Waals surface area (Å²) in [4.78, 5) is 21.9. The number of aromatic nitrogens is 8. The van der Waals surface area contributed by atoms with Crippen molar-refractivity contribution in [2.45, 2.75) is 116 Å². The largest absolute Gasteiger partial charge is 0.392 e. The summed E-state index contributed by atoms with van der Waals surface area (Å²) in [5.74, 6) is 0. The van der Waals surface area contributed by atoms with Crippen LogP contribution in [-0.2, 0) is 22.5 Å². The Morgan fingerprint density at radius 1 is 0.746 bits per heavy atom. The molecule has 0 bridgehead atoms. The molecule has 2 unspecified atom stereocenters. The Labute approximate surface area is 353 Å². The first-order valence-corrected chi connectivity index (χ1v) is 24.7. The number of halogens is 1. The molecule has 0 saturated carbocycles. The number of aliphatic imine (C=N–C) groups is 1. The van der Waals surface area contributed by atoms with Gasteiger partial charge in [0.1, 0.15) is 12.5 Å². The van der Waals surface area contributed by atoms with Gasteiger partial charge in [0.15, 0.2) is 7.38 Å². The number of hydrogen-bond acceptors (Lipinski definition) is 10. The highest BCUT2D eigenvalue weighted by atomic mass is 35.6. The van der Waals surface area contributed by atoms with Gasteiger partial charge >= 0.3 is 0 Å². The lowest BCUT2D eigenvalue weighted by atomic mass is 10.1. The van der Waals surface area contributed by atoms with Crippen LogP contribution in [0.3, 0.4) is 0 Å². The highest BCUT2D eigenvalue weighted by Crippen LogP contribution is 2.38. The Balaban J connectivity index is 0.000000153. The molecule has 6 aromatic heterocycles. The number of allylic oxidation sites excluding steroid dienone is 1. The minimum absolute atomic E-state index is 0.0283. The summed E-state index contributed by atoms with van der Waals surface area (Å²) in [6, 6.07) is 11.9. The second kappa shape index (κ2) is 20.5. The molecule has 0 aliphatic carbocycles. The van der Waals surface area contributed by atoms with Crippen molar-refractivity contribution in [1.29, 1.82) is 0 Å². The summed E-state index contributed by atoms with van der Waals surface area (Å²) in [6.45, 7) is 14.7. The normalized spacial score (nSPS) is 17.8. The van der Waals surface area contributed by atoms with E-state index < -0.39 is 7.38 Å². The number of pyridine rings is 4. The first kappa shape index (κ1) is 43.9. The Kier molecular flexibility index (Phi) is 15.3. The van der Waals surface area contributed by atoms with Crippen LogP contribution in [0, 0.1) is 0 Å². The number of fused-ring (bicyclic) bond motifs is 2. The summed E-state index contributed by atoms with van der Waals surface area (Å²) in [6.07, 6.45) is 25.7. The van der Waals surface area contributed by atoms with Gasteiger partial charge < -0.3 is 14.6 Å². The molecule has 0 amide bonds. The zero-order chi connectivity index (χ0) is 41.8. The third-order valence-electron chi connectivity index (χ3n) is 10.8. The number of aliphatic hydroxyl groups excluding tert-OH is 1. The van der Waals surface area contributed by atoms with Gasteiger partial charge in [-0.2, -0.15) is 21.3 Å². The molecule has 12 nitrogen and oxygen atoms in total. The fourth-order valence-electron chi connectivity index (χ4n) is 6.12. The maximum Gasteiger partial charge on any atom is 0.155 e. The Bertz CT molecular complexity index is 2160. The standard InChI is InChI=1S/C18H20N4O.C17H18N4O2.C6H15ClSi.C4H5N/c1-2-13-9-17-16(19-10-13)7-6-15(21-17)14-11-20-22(12-14)18-5-3-4-8-23-18;22-11-12-7-16-15(18-8-12)5-4-14(20-16)13-9-19-21(10-13)17-3-1-2-6-23-17;1-6(2,3)8(4,5)7;1-2-4-5-3-1/h6-7,9-12,18H,2-5,8H2,1H3;4-5,7-10,17,22H,1-3,6,11H2;1-5H3;1,3-4H,2H2. The van der Waals surface area contributed by atoms with Crippen LogP contribution in [0.25, 0.3) is 44.6 Å². The number of hydrogen-bond donors (Lipinski definition) is 1. The van der Waals surface area contributed by atoms with Crippen LogP contribution in [0.1, 0.15) is 96.2 Å². The van der Waals surface area contributed by atoms with Gasteiger partial charge in [0.2, 0.25) is 0 Å². The summed E-state index contributed by atoms with van der Waals surface area (Å²) >= 11 is 6.15. The van der Waals surface area contributed by atoms with Gasteiger partial charge in [-0.3, -0.25) is 15.0 Å². The minimum Gasteiger partial charge on any atom is -0.392 e. The van der Waals surface area contributed by atoms with Gasteiger partial charge in [0, 0.05) is 68.0 Å². The zero-order valence-corrected chi connectivity index (χ0v) is 37.0. The van der Waals surface area contributed by atoms with Crippen LogP contribution < -0.4 is 0 Å². The highest BCUT2D eigenvalue weighted by molar-refractivity contribution is 7.20. The first-order valence-electron chi connectivity index (χ1n) is 20.7. The molecule has 9 heterocycles. The van der Waals surface area contributed by atoms with Crippen molar-refractivity contribution in [3.63, 3.8) is 0 Å². The SMILES string of the molecule is C1=CN=CC1.CC(C)(C)[Si](C)(C)Cl.CCc1cnc2ccc(-c3cnn(C4CCCCO4)c3)nc2c1.OCc1cnc2ccc(-c3cnn(C4CCCCO4)c3)nc2c1. The second-order valence-electron chi connectivity index (χ2n) is 16.4. The van der Waals surface area contributed by atoms with Crippen LogP contribution in [0.2, 0.25) is 18.1 Å². The zero-order valence-electron chi connectivity index (χ0n) is 35.3. The topological polar surface area (TPSA) is 138 Å². The van der Waals surface area contributed by atoms with Crippen molar-refractivity contribution < 1.29 is 14.6 Å². The number of rotatable bonds is 6. The molecule has 14 heteroatoms.